The molecule has 2 fully saturated rings. The molecule has 2 aliphatic carbocycles. The second-order valence-corrected chi connectivity index (χ2v) is 10.4. The molecule has 1 aromatic carbocycles. The van der Waals surface area contributed by atoms with E-state index in [-0.39, 0.29) is 5.91 Å². The average molecular weight is 486 g/mol. The molecule has 3 N–H and O–H groups in total. The largest absolute Gasteiger partial charge is 0.480 e. The van der Waals surface area contributed by atoms with Gasteiger partial charge < -0.3 is 15.3 Å². The van der Waals surface area contributed by atoms with Gasteiger partial charge in [-0.05, 0) is 62.3 Å². The number of carboxylic acids is 1. The molecule has 10 heteroatoms. The predicted octanol–water partition coefficient (Wildman–Crippen LogP) is 3.28. The molecular weight excluding hydrogens is 454 g/mol. The lowest BCUT2D eigenvalue weighted by atomic mass is 9.94. The van der Waals surface area contributed by atoms with Crippen LogP contribution in [0.3, 0.4) is 0 Å². The Bertz CT molecular complexity index is 1070. The van der Waals surface area contributed by atoms with E-state index >= 15 is 0 Å². The number of benzene rings is 1. The highest BCUT2D eigenvalue weighted by molar-refractivity contribution is 7.83. The maximum absolute atomic E-state index is 13.0. The summed E-state index contributed by atoms with van der Waals surface area (Å²) in [5.41, 5.74) is 1.59. The third-order valence-corrected chi connectivity index (χ3v) is 7.45. The van der Waals surface area contributed by atoms with E-state index in [0.29, 0.717) is 33.8 Å². The Hall–Kier alpha value is -2.85. The first-order valence-electron chi connectivity index (χ1n) is 11.8. The number of aliphatic carboxylic acids is 1. The first-order valence-corrected chi connectivity index (χ1v) is 12.9. The molecule has 2 aromatic rings. The van der Waals surface area contributed by atoms with Crippen molar-refractivity contribution in [2.75, 3.05) is 23.3 Å². The van der Waals surface area contributed by atoms with Crippen LogP contribution in [0, 0.1) is 12.8 Å². The van der Waals surface area contributed by atoms with E-state index in [1.54, 1.807) is 31.2 Å². The number of hydrogen-bond acceptors (Lipinski definition) is 6. The van der Waals surface area contributed by atoms with Gasteiger partial charge in [0.25, 0.3) is 5.91 Å². The zero-order valence-corrected chi connectivity index (χ0v) is 20.1. The number of rotatable bonds is 10. The van der Waals surface area contributed by atoms with Crippen molar-refractivity contribution >= 4 is 34.4 Å². The van der Waals surface area contributed by atoms with Gasteiger partial charge in [0.15, 0.2) is 0 Å². The average Bonchev–Trinajstić information content (AvgIpc) is 3.67. The normalized spacial score (nSPS) is 17.2. The summed E-state index contributed by atoms with van der Waals surface area (Å²) in [6.07, 6.45) is 10.0. The van der Waals surface area contributed by atoms with Gasteiger partial charge in [0.05, 0.1) is 4.90 Å². The second kappa shape index (κ2) is 11.1. The number of hydrogen-bond donors (Lipinski definition) is 3. The number of nitrogens with one attached hydrogen (secondary N) is 2. The van der Waals surface area contributed by atoms with Gasteiger partial charge in [0, 0.05) is 24.3 Å². The summed E-state index contributed by atoms with van der Waals surface area (Å²) >= 11 is 0. The summed E-state index contributed by atoms with van der Waals surface area (Å²) in [6, 6.07) is 7.16. The highest BCUT2D eigenvalue weighted by atomic mass is 32.2. The van der Waals surface area contributed by atoms with Crippen LogP contribution >= 0.6 is 0 Å². The van der Waals surface area contributed by atoms with Crippen molar-refractivity contribution < 1.29 is 18.9 Å². The number of carbonyl (C=O) groups excluding carboxylic acids is 1. The van der Waals surface area contributed by atoms with E-state index in [4.69, 9.17) is 5.11 Å². The first-order chi connectivity index (χ1) is 16.4. The van der Waals surface area contributed by atoms with Crippen molar-refractivity contribution in [2.24, 2.45) is 5.92 Å². The summed E-state index contributed by atoms with van der Waals surface area (Å²) in [4.78, 5) is 35.2. The van der Waals surface area contributed by atoms with Gasteiger partial charge >= 0.3 is 5.97 Å². The Morgan fingerprint density at radius 2 is 1.88 bits per heavy atom. The van der Waals surface area contributed by atoms with Gasteiger partial charge in [-0.3, -0.25) is 9.59 Å². The number of anilines is 2. The molecule has 1 aromatic heterocycles. The van der Waals surface area contributed by atoms with Crippen molar-refractivity contribution in [3.63, 3.8) is 0 Å². The topological polar surface area (TPSA) is 125 Å². The fraction of sp³-hybridized carbons (Fsp3) is 0.500. The van der Waals surface area contributed by atoms with E-state index in [9.17, 15) is 13.8 Å². The predicted molar refractivity (Wildman–Crippen MR) is 130 cm³/mol. The van der Waals surface area contributed by atoms with Crippen LogP contribution in [0.4, 0.5) is 11.5 Å². The van der Waals surface area contributed by atoms with Gasteiger partial charge in [-0.25, -0.2) is 18.9 Å². The number of aryl methyl sites for hydroxylation is 1. The number of nitrogens with zero attached hydrogens (tertiary/aromatic N) is 3. The number of carbonyl (C=O) groups is 2. The molecule has 0 bridgehead atoms. The summed E-state index contributed by atoms with van der Waals surface area (Å²) in [5, 5.41) is 11.6. The first kappa shape index (κ1) is 24.3. The molecule has 1 unspecified atom stereocenters. The van der Waals surface area contributed by atoms with E-state index in [1.165, 1.54) is 38.4 Å². The van der Waals surface area contributed by atoms with E-state index in [2.05, 4.69) is 24.9 Å². The Morgan fingerprint density at radius 3 is 2.56 bits per heavy atom. The van der Waals surface area contributed by atoms with Crippen LogP contribution in [0.5, 0.6) is 0 Å². The van der Waals surface area contributed by atoms with E-state index in [0.717, 1.165) is 25.2 Å². The van der Waals surface area contributed by atoms with Crippen molar-refractivity contribution in [2.45, 2.75) is 62.8 Å². The Labute approximate surface area is 202 Å². The van der Waals surface area contributed by atoms with Crippen LogP contribution in [0.25, 0.3) is 0 Å². The van der Waals surface area contributed by atoms with Gasteiger partial charge in [0.1, 0.15) is 35.4 Å². The minimum absolute atomic E-state index is 0.303. The zero-order chi connectivity index (χ0) is 24.1. The minimum Gasteiger partial charge on any atom is -0.480 e. The van der Waals surface area contributed by atoms with Gasteiger partial charge in [-0.1, -0.05) is 19.3 Å². The van der Waals surface area contributed by atoms with Crippen molar-refractivity contribution in [3.8, 4) is 0 Å². The molecule has 0 radical (unpaired) electrons. The molecule has 2 saturated carbocycles. The van der Waals surface area contributed by atoms with Gasteiger partial charge in [-0.15, -0.1) is 0 Å². The fourth-order valence-corrected chi connectivity index (χ4v) is 5.21. The highest BCUT2D eigenvalue weighted by Gasteiger charge is 2.30. The second-order valence-electron chi connectivity index (χ2n) is 9.06. The lowest BCUT2D eigenvalue weighted by Gasteiger charge is -2.35. The van der Waals surface area contributed by atoms with Crippen molar-refractivity contribution in [3.05, 3.63) is 41.9 Å². The van der Waals surface area contributed by atoms with E-state index < -0.39 is 23.5 Å². The SMILES string of the molecule is Cc1cc(S(=O)NCC(=O)O)ccc1NC(=O)c1cc(N(CC2CC2)C2CCCCC2)ncn1. The van der Waals surface area contributed by atoms with E-state index in [1.807, 2.05) is 0 Å². The monoisotopic (exact) mass is 485 g/mol. The molecule has 1 atom stereocenters. The van der Waals surface area contributed by atoms with Crippen LogP contribution in [0.2, 0.25) is 0 Å². The third-order valence-electron chi connectivity index (χ3n) is 6.36. The summed E-state index contributed by atoms with van der Waals surface area (Å²) < 4.78 is 14.6. The molecular formula is C24H31N5O4S. The molecule has 34 heavy (non-hydrogen) atoms. The minimum atomic E-state index is -1.65. The lowest BCUT2D eigenvalue weighted by Crippen LogP contribution is -2.39. The lowest BCUT2D eigenvalue weighted by molar-refractivity contribution is -0.135. The summed E-state index contributed by atoms with van der Waals surface area (Å²) in [7, 11) is -1.65. The fourth-order valence-electron chi connectivity index (χ4n) is 4.32. The van der Waals surface area contributed by atoms with Crippen LogP contribution in [0.15, 0.2) is 35.5 Å². The Kier molecular flexibility index (Phi) is 7.89. The van der Waals surface area contributed by atoms with Crippen LogP contribution in [0.1, 0.15) is 61.0 Å². The molecule has 4 rings (SSSR count). The Balaban J connectivity index is 1.46. The maximum Gasteiger partial charge on any atom is 0.318 e. The highest BCUT2D eigenvalue weighted by Crippen LogP contribution is 2.34. The molecule has 1 heterocycles. The summed E-state index contributed by atoms with van der Waals surface area (Å²) in [5.74, 6) is 0.105. The number of carboxylic acid groups (broad SMARTS) is 1. The number of aromatic nitrogens is 2. The summed E-state index contributed by atoms with van der Waals surface area (Å²) in [6.45, 7) is 2.37. The van der Waals surface area contributed by atoms with Crippen LogP contribution in [-0.2, 0) is 15.8 Å². The molecule has 2 aliphatic rings. The van der Waals surface area contributed by atoms with Gasteiger partial charge in [0.2, 0.25) is 0 Å². The smallest absolute Gasteiger partial charge is 0.318 e. The molecule has 1 amide bonds. The van der Waals surface area contributed by atoms with Crippen molar-refractivity contribution in [1.29, 1.82) is 0 Å². The van der Waals surface area contributed by atoms with Crippen LogP contribution in [-0.4, -0.2) is 50.3 Å². The zero-order valence-electron chi connectivity index (χ0n) is 19.3. The molecule has 182 valence electrons. The van der Waals surface area contributed by atoms with Crippen molar-refractivity contribution in [1.82, 2.24) is 14.7 Å². The van der Waals surface area contributed by atoms with Gasteiger partial charge in [-0.2, -0.15) is 0 Å². The molecule has 0 saturated heterocycles. The maximum atomic E-state index is 13.0. The Morgan fingerprint density at radius 1 is 1.12 bits per heavy atom. The quantitative estimate of drug-likeness (QED) is 0.472. The molecule has 9 nitrogen and oxygen atoms in total. The number of amides is 1. The molecule has 0 spiro atoms. The molecule has 0 aliphatic heterocycles. The third kappa shape index (κ3) is 6.38. The van der Waals surface area contributed by atoms with Crippen LogP contribution < -0.4 is 14.9 Å². The standard InChI is InChI=1S/C24H31N5O4S/c1-16-11-19(34(33)27-13-23(30)31)9-10-20(16)28-24(32)21-12-22(26-15-25-21)29(14-17-7-8-17)18-5-3-2-4-6-18/h9-12,15,17-18,27H,2-8,13-14H2,1H3,(H,28,32)(H,30,31).